The van der Waals surface area contributed by atoms with Crippen molar-refractivity contribution in [3.05, 3.63) is 40.9 Å². The Morgan fingerprint density at radius 2 is 1.75 bits per heavy atom. The van der Waals surface area contributed by atoms with Crippen molar-refractivity contribution in [2.24, 2.45) is 11.8 Å². The first kappa shape index (κ1) is 20.4. The van der Waals surface area contributed by atoms with Crippen LogP contribution in [0.2, 0.25) is 5.02 Å². The lowest BCUT2D eigenvalue weighted by Gasteiger charge is -2.15. The molecule has 1 fully saturated rings. The van der Waals surface area contributed by atoms with Gasteiger partial charge in [-0.15, -0.1) is 0 Å². The largest absolute Gasteiger partial charge is 0.417 e. The van der Waals surface area contributed by atoms with E-state index in [2.05, 4.69) is 5.32 Å². The Labute approximate surface area is 164 Å². The van der Waals surface area contributed by atoms with Crippen molar-refractivity contribution in [2.75, 3.05) is 11.9 Å². The first-order chi connectivity index (χ1) is 13.2. The molecule has 0 bridgehead atoms. The van der Waals surface area contributed by atoms with Gasteiger partial charge in [0.15, 0.2) is 0 Å². The van der Waals surface area contributed by atoms with Crippen LogP contribution in [0.3, 0.4) is 0 Å². The topological polar surface area (TPSA) is 66.5 Å². The van der Waals surface area contributed by atoms with Gasteiger partial charge in [-0.3, -0.25) is 19.3 Å². The molecule has 1 aromatic carbocycles. The average Bonchev–Trinajstić information content (AvgIpc) is 2.87. The van der Waals surface area contributed by atoms with Crippen LogP contribution < -0.4 is 5.32 Å². The molecule has 1 heterocycles. The molecular formula is C19H18ClF3N2O3. The zero-order chi connectivity index (χ0) is 20.5. The van der Waals surface area contributed by atoms with Gasteiger partial charge in [0.05, 0.1) is 22.4 Å². The second kappa shape index (κ2) is 7.95. The summed E-state index contributed by atoms with van der Waals surface area (Å²) in [6.45, 7) is 0.118. The summed E-state index contributed by atoms with van der Waals surface area (Å²) in [5.74, 6) is -1.57. The highest BCUT2D eigenvalue weighted by atomic mass is 35.5. The van der Waals surface area contributed by atoms with Crippen LogP contribution in [-0.4, -0.2) is 29.2 Å². The maximum Gasteiger partial charge on any atom is 0.417 e. The van der Waals surface area contributed by atoms with E-state index in [-0.39, 0.29) is 48.7 Å². The molecule has 5 nitrogen and oxygen atoms in total. The first-order valence-corrected chi connectivity index (χ1v) is 9.23. The number of fused-ring (bicyclic) bond motifs is 1. The molecule has 0 radical (unpaired) electrons. The highest BCUT2D eigenvalue weighted by molar-refractivity contribution is 6.31. The van der Waals surface area contributed by atoms with Gasteiger partial charge < -0.3 is 5.32 Å². The number of alkyl halides is 3. The van der Waals surface area contributed by atoms with Crippen molar-refractivity contribution in [3.8, 4) is 0 Å². The van der Waals surface area contributed by atoms with E-state index in [4.69, 9.17) is 11.6 Å². The van der Waals surface area contributed by atoms with Crippen molar-refractivity contribution in [1.29, 1.82) is 0 Å². The van der Waals surface area contributed by atoms with Crippen LogP contribution in [0.15, 0.2) is 30.4 Å². The fourth-order valence-electron chi connectivity index (χ4n) is 3.53. The van der Waals surface area contributed by atoms with Crippen molar-refractivity contribution < 1.29 is 27.6 Å². The maximum absolute atomic E-state index is 12.9. The molecule has 28 heavy (non-hydrogen) atoms. The highest BCUT2D eigenvalue weighted by Crippen LogP contribution is 2.36. The predicted molar refractivity (Wildman–Crippen MR) is 96.4 cm³/mol. The van der Waals surface area contributed by atoms with Crippen LogP contribution in [0.5, 0.6) is 0 Å². The minimum absolute atomic E-state index is 0.0212. The molecule has 0 spiro atoms. The molecule has 1 aliphatic heterocycles. The summed E-state index contributed by atoms with van der Waals surface area (Å²) in [4.78, 5) is 37.9. The Morgan fingerprint density at radius 3 is 2.32 bits per heavy atom. The van der Waals surface area contributed by atoms with Crippen LogP contribution in [0, 0.1) is 11.8 Å². The normalized spacial score (nSPS) is 21.8. The van der Waals surface area contributed by atoms with E-state index in [1.807, 2.05) is 12.2 Å². The fourth-order valence-corrected chi connectivity index (χ4v) is 3.76. The lowest BCUT2D eigenvalue weighted by atomic mass is 9.85. The lowest BCUT2D eigenvalue weighted by Crippen LogP contribution is -2.32. The molecule has 3 rings (SSSR count). The summed E-state index contributed by atoms with van der Waals surface area (Å²) in [5.41, 5.74) is -1.05. The molecule has 1 saturated heterocycles. The average molecular weight is 415 g/mol. The van der Waals surface area contributed by atoms with Gasteiger partial charge in [-0.05, 0) is 37.5 Å². The van der Waals surface area contributed by atoms with E-state index in [9.17, 15) is 27.6 Å². The minimum atomic E-state index is -4.63. The Balaban J connectivity index is 1.53. The molecule has 2 atom stereocenters. The number of rotatable bonds is 5. The molecule has 1 aliphatic carbocycles. The van der Waals surface area contributed by atoms with Crippen molar-refractivity contribution in [1.82, 2.24) is 4.90 Å². The number of nitrogens with zero attached hydrogens (tertiary/aromatic N) is 1. The number of halogens is 4. The van der Waals surface area contributed by atoms with E-state index in [0.717, 1.165) is 12.1 Å². The highest BCUT2D eigenvalue weighted by Gasteiger charge is 2.46. The number of nitrogens with one attached hydrogen (secondary N) is 1. The SMILES string of the molecule is O=C(CCCN1C(=O)[C@@H]2CC=CC[C@H]2C1=O)Nc1ccc(Cl)c(C(F)(F)F)c1. The van der Waals surface area contributed by atoms with E-state index < -0.39 is 22.7 Å². The number of allylic oxidation sites excluding steroid dienone is 2. The zero-order valence-corrected chi connectivity index (χ0v) is 15.5. The molecule has 0 aromatic heterocycles. The smallest absolute Gasteiger partial charge is 0.326 e. The number of likely N-dealkylation sites (tertiary alicyclic amines) is 1. The van der Waals surface area contributed by atoms with Gasteiger partial charge in [0.2, 0.25) is 17.7 Å². The van der Waals surface area contributed by atoms with Crippen LogP contribution in [0.25, 0.3) is 0 Å². The summed E-state index contributed by atoms with van der Waals surface area (Å²) in [6.07, 6.45) is 0.453. The number of hydrogen-bond donors (Lipinski definition) is 1. The number of benzene rings is 1. The molecule has 9 heteroatoms. The Hall–Kier alpha value is -2.35. The number of hydrogen-bond acceptors (Lipinski definition) is 3. The lowest BCUT2D eigenvalue weighted by molar-refractivity contribution is -0.140. The number of imide groups is 1. The molecule has 1 aromatic rings. The minimum Gasteiger partial charge on any atom is -0.326 e. The van der Waals surface area contributed by atoms with Gasteiger partial charge in [-0.2, -0.15) is 13.2 Å². The second-order valence-electron chi connectivity index (χ2n) is 6.83. The predicted octanol–water partition coefficient (Wildman–Crippen LogP) is 4.03. The summed E-state index contributed by atoms with van der Waals surface area (Å²) < 4.78 is 38.6. The quantitative estimate of drug-likeness (QED) is 0.584. The number of carbonyl (C=O) groups excluding carboxylic acids is 3. The Kier molecular flexibility index (Phi) is 5.79. The monoisotopic (exact) mass is 414 g/mol. The van der Waals surface area contributed by atoms with Crippen LogP contribution in [0.1, 0.15) is 31.2 Å². The van der Waals surface area contributed by atoms with Crippen LogP contribution in [0.4, 0.5) is 18.9 Å². The maximum atomic E-state index is 12.9. The molecule has 1 N–H and O–H groups in total. The van der Waals surface area contributed by atoms with Gasteiger partial charge in [0.1, 0.15) is 0 Å². The zero-order valence-electron chi connectivity index (χ0n) is 14.8. The van der Waals surface area contributed by atoms with Crippen molar-refractivity contribution in [2.45, 2.75) is 31.9 Å². The van der Waals surface area contributed by atoms with E-state index in [1.54, 1.807) is 0 Å². The third kappa shape index (κ3) is 4.22. The van der Waals surface area contributed by atoms with Gasteiger partial charge in [0.25, 0.3) is 0 Å². The van der Waals surface area contributed by atoms with Gasteiger partial charge in [-0.1, -0.05) is 23.8 Å². The summed E-state index contributed by atoms with van der Waals surface area (Å²) in [7, 11) is 0. The molecule has 0 saturated carbocycles. The number of carbonyl (C=O) groups is 3. The molecule has 2 aliphatic rings. The third-order valence-corrected chi connectivity index (χ3v) is 5.27. The Morgan fingerprint density at radius 1 is 1.14 bits per heavy atom. The first-order valence-electron chi connectivity index (χ1n) is 8.85. The number of amides is 3. The van der Waals surface area contributed by atoms with Crippen LogP contribution in [-0.2, 0) is 20.6 Å². The van der Waals surface area contributed by atoms with Gasteiger partial charge >= 0.3 is 6.18 Å². The number of anilines is 1. The summed E-state index contributed by atoms with van der Waals surface area (Å²) in [5, 5.41) is 1.93. The molecule has 3 amide bonds. The van der Waals surface area contributed by atoms with E-state index in [1.165, 1.54) is 11.0 Å². The molecule has 0 unspecified atom stereocenters. The van der Waals surface area contributed by atoms with Gasteiger partial charge in [0, 0.05) is 18.7 Å². The Bertz CT molecular complexity index is 812. The summed E-state index contributed by atoms with van der Waals surface area (Å²) >= 11 is 5.55. The van der Waals surface area contributed by atoms with E-state index >= 15 is 0 Å². The van der Waals surface area contributed by atoms with Crippen molar-refractivity contribution >= 4 is 35.0 Å². The summed E-state index contributed by atoms with van der Waals surface area (Å²) in [6, 6.07) is 3.11. The van der Waals surface area contributed by atoms with E-state index in [0.29, 0.717) is 12.8 Å². The second-order valence-corrected chi connectivity index (χ2v) is 7.24. The van der Waals surface area contributed by atoms with Crippen molar-refractivity contribution in [3.63, 3.8) is 0 Å². The third-order valence-electron chi connectivity index (χ3n) is 4.94. The standard InChI is InChI=1S/C19H18ClF3N2O3/c20-15-8-7-11(10-14(15)19(21,22)23)24-16(26)6-3-9-25-17(27)12-4-1-2-5-13(12)18(25)28/h1-2,7-8,10,12-13H,3-6,9H2,(H,24,26)/t12-,13-/m1/s1. The molecular weight excluding hydrogens is 397 g/mol. The van der Waals surface area contributed by atoms with Crippen LogP contribution >= 0.6 is 11.6 Å². The van der Waals surface area contributed by atoms with Gasteiger partial charge in [-0.25, -0.2) is 0 Å². The fraction of sp³-hybridized carbons (Fsp3) is 0.421. The molecule has 150 valence electrons.